The van der Waals surface area contributed by atoms with E-state index in [1.54, 1.807) is 6.08 Å². The van der Waals surface area contributed by atoms with E-state index in [4.69, 9.17) is 0 Å². The summed E-state index contributed by atoms with van der Waals surface area (Å²) in [6.45, 7) is 3.94. The number of hydrogen-bond donors (Lipinski definition) is 1. The summed E-state index contributed by atoms with van der Waals surface area (Å²) in [4.78, 5) is 0. The van der Waals surface area contributed by atoms with Gasteiger partial charge in [-0.1, -0.05) is 42.0 Å². The maximum atomic E-state index is 9.55. The highest BCUT2D eigenvalue weighted by Crippen LogP contribution is 2.11. The quantitative estimate of drug-likeness (QED) is 0.537. The van der Waals surface area contributed by atoms with E-state index in [1.807, 2.05) is 50.3 Å². The van der Waals surface area contributed by atoms with Gasteiger partial charge < -0.3 is 5.11 Å². The highest BCUT2D eigenvalue weighted by Gasteiger charge is 1.95. The molecule has 0 aliphatic heterocycles. The first-order valence-electron chi connectivity index (χ1n) is 4.33. The highest BCUT2D eigenvalue weighted by molar-refractivity contribution is 5.60. The Kier molecular flexibility index (Phi) is 3.32. The molecule has 1 nitrogen and oxygen atoms in total. The van der Waals surface area contributed by atoms with Gasteiger partial charge in [0.25, 0.3) is 0 Å². The molecule has 0 aromatic heterocycles. The Morgan fingerprint density at radius 2 is 1.85 bits per heavy atom. The second kappa shape index (κ2) is 4.51. The maximum Gasteiger partial charge on any atom is 0.122 e. The van der Waals surface area contributed by atoms with Gasteiger partial charge in [-0.3, -0.25) is 0 Å². The normalized spacial score (nSPS) is 12.3. The van der Waals surface area contributed by atoms with E-state index in [0.717, 1.165) is 5.56 Å². The molecule has 0 spiro atoms. The molecule has 0 radical (unpaired) electrons. The predicted molar refractivity (Wildman–Crippen MR) is 56.6 cm³/mol. The van der Waals surface area contributed by atoms with Crippen molar-refractivity contribution in [1.29, 1.82) is 0 Å². The molecule has 0 bridgehead atoms. The average Bonchev–Trinajstić information content (AvgIpc) is 2.15. The van der Waals surface area contributed by atoms with Crippen LogP contribution >= 0.6 is 0 Å². The molecule has 0 aliphatic carbocycles. The lowest BCUT2D eigenvalue weighted by atomic mass is 10.1. The SMILES string of the molecule is C/C=C/C=C(\O)c1ccc(C)cc1. The van der Waals surface area contributed by atoms with Gasteiger partial charge in [-0.05, 0) is 19.9 Å². The van der Waals surface area contributed by atoms with Gasteiger partial charge in [-0.25, -0.2) is 0 Å². The van der Waals surface area contributed by atoms with E-state index >= 15 is 0 Å². The average molecular weight is 174 g/mol. The molecule has 1 heteroatoms. The molecular weight excluding hydrogens is 160 g/mol. The van der Waals surface area contributed by atoms with Crippen LogP contribution in [0.4, 0.5) is 0 Å². The highest BCUT2D eigenvalue weighted by atomic mass is 16.3. The lowest BCUT2D eigenvalue weighted by molar-refractivity contribution is 0.512. The molecule has 0 saturated heterocycles. The zero-order chi connectivity index (χ0) is 9.68. The second-order valence-corrected chi connectivity index (χ2v) is 2.94. The zero-order valence-electron chi connectivity index (χ0n) is 7.99. The van der Waals surface area contributed by atoms with E-state index in [2.05, 4.69) is 0 Å². The van der Waals surface area contributed by atoms with Crippen molar-refractivity contribution in [3.05, 3.63) is 53.6 Å². The maximum absolute atomic E-state index is 9.55. The fourth-order valence-corrected chi connectivity index (χ4v) is 1.01. The van der Waals surface area contributed by atoms with Gasteiger partial charge in [0.1, 0.15) is 5.76 Å². The fraction of sp³-hybridized carbons (Fsp3) is 0.167. The third-order valence-corrected chi connectivity index (χ3v) is 1.79. The van der Waals surface area contributed by atoms with Gasteiger partial charge in [-0.15, -0.1) is 0 Å². The summed E-state index contributed by atoms with van der Waals surface area (Å²) in [6, 6.07) is 7.78. The Morgan fingerprint density at radius 3 is 2.38 bits per heavy atom. The van der Waals surface area contributed by atoms with Crippen molar-refractivity contribution in [2.75, 3.05) is 0 Å². The van der Waals surface area contributed by atoms with Crippen LogP contribution in [0.15, 0.2) is 42.5 Å². The standard InChI is InChI=1S/C12H14O/c1-3-4-5-12(13)11-8-6-10(2)7-9-11/h3-9,13H,1-2H3/b4-3+,12-5-. The molecule has 1 aromatic rings. The number of aryl methyl sites for hydroxylation is 1. The third-order valence-electron chi connectivity index (χ3n) is 1.79. The molecule has 0 atom stereocenters. The van der Waals surface area contributed by atoms with Gasteiger partial charge >= 0.3 is 0 Å². The van der Waals surface area contributed by atoms with Crippen LogP contribution in [-0.4, -0.2) is 5.11 Å². The Hall–Kier alpha value is -1.50. The van der Waals surface area contributed by atoms with Crippen LogP contribution in [0.1, 0.15) is 18.1 Å². The number of rotatable bonds is 2. The first kappa shape index (κ1) is 9.59. The summed E-state index contributed by atoms with van der Waals surface area (Å²) in [5, 5.41) is 9.55. The summed E-state index contributed by atoms with van der Waals surface area (Å²) in [5.74, 6) is 0.304. The third kappa shape index (κ3) is 2.79. The molecule has 1 rings (SSSR count). The topological polar surface area (TPSA) is 20.2 Å². The molecule has 13 heavy (non-hydrogen) atoms. The molecule has 1 aromatic carbocycles. The van der Waals surface area contributed by atoms with Crippen LogP contribution in [-0.2, 0) is 0 Å². The van der Waals surface area contributed by atoms with Crippen molar-refractivity contribution in [1.82, 2.24) is 0 Å². The minimum Gasteiger partial charge on any atom is -0.507 e. The van der Waals surface area contributed by atoms with Crippen LogP contribution in [0.25, 0.3) is 5.76 Å². The second-order valence-electron chi connectivity index (χ2n) is 2.94. The summed E-state index contributed by atoms with van der Waals surface area (Å²) in [5.41, 5.74) is 2.05. The smallest absolute Gasteiger partial charge is 0.122 e. The van der Waals surface area contributed by atoms with E-state index in [1.165, 1.54) is 5.56 Å². The summed E-state index contributed by atoms with van der Waals surface area (Å²) in [6.07, 6.45) is 5.38. The van der Waals surface area contributed by atoms with Crippen LogP contribution in [0.5, 0.6) is 0 Å². The summed E-state index contributed by atoms with van der Waals surface area (Å²) >= 11 is 0. The fourth-order valence-electron chi connectivity index (χ4n) is 1.01. The lowest BCUT2D eigenvalue weighted by Gasteiger charge is -1.99. The van der Waals surface area contributed by atoms with Gasteiger partial charge in [0.2, 0.25) is 0 Å². The van der Waals surface area contributed by atoms with Gasteiger partial charge in [0, 0.05) is 5.56 Å². The summed E-state index contributed by atoms with van der Waals surface area (Å²) in [7, 11) is 0. The number of hydrogen-bond acceptors (Lipinski definition) is 1. The Balaban J connectivity index is 2.89. The molecule has 0 heterocycles. The van der Waals surface area contributed by atoms with Crippen molar-refractivity contribution < 1.29 is 5.11 Å². The summed E-state index contributed by atoms with van der Waals surface area (Å²) < 4.78 is 0. The number of benzene rings is 1. The Labute approximate surface area is 79.0 Å². The van der Waals surface area contributed by atoms with Crippen molar-refractivity contribution >= 4 is 5.76 Å². The number of aliphatic hydroxyl groups excluding tert-OH is 1. The van der Waals surface area contributed by atoms with Crippen LogP contribution in [0.3, 0.4) is 0 Å². The van der Waals surface area contributed by atoms with Gasteiger partial charge in [0.05, 0.1) is 0 Å². The van der Waals surface area contributed by atoms with Crippen LogP contribution < -0.4 is 0 Å². The molecule has 0 amide bonds. The molecular formula is C12H14O. The molecule has 0 fully saturated rings. The van der Waals surface area contributed by atoms with Crippen molar-refractivity contribution in [2.45, 2.75) is 13.8 Å². The van der Waals surface area contributed by atoms with Crippen LogP contribution in [0, 0.1) is 6.92 Å². The molecule has 1 N–H and O–H groups in total. The predicted octanol–water partition coefficient (Wildman–Crippen LogP) is 3.47. The number of allylic oxidation sites excluding steroid dienone is 3. The minimum atomic E-state index is 0.304. The van der Waals surface area contributed by atoms with E-state index < -0.39 is 0 Å². The van der Waals surface area contributed by atoms with E-state index in [9.17, 15) is 5.11 Å². The van der Waals surface area contributed by atoms with Gasteiger partial charge in [-0.2, -0.15) is 0 Å². The first-order valence-corrected chi connectivity index (χ1v) is 4.33. The molecule has 68 valence electrons. The minimum absolute atomic E-state index is 0.304. The van der Waals surface area contributed by atoms with E-state index in [-0.39, 0.29) is 0 Å². The van der Waals surface area contributed by atoms with Crippen molar-refractivity contribution in [3.63, 3.8) is 0 Å². The first-order chi connectivity index (χ1) is 6.24. The largest absolute Gasteiger partial charge is 0.507 e. The zero-order valence-corrected chi connectivity index (χ0v) is 7.99. The Bertz CT molecular complexity index is 317. The van der Waals surface area contributed by atoms with Gasteiger partial charge in [0.15, 0.2) is 0 Å². The molecule has 0 saturated carbocycles. The van der Waals surface area contributed by atoms with Crippen molar-refractivity contribution in [2.24, 2.45) is 0 Å². The van der Waals surface area contributed by atoms with Crippen LogP contribution in [0.2, 0.25) is 0 Å². The molecule has 0 unspecified atom stereocenters. The number of aliphatic hydroxyl groups is 1. The Morgan fingerprint density at radius 1 is 1.23 bits per heavy atom. The van der Waals surface area contributed by atoms with E-state index in [0.29, 0.717) is 5.76 Å². The van der Waals surface area contributed by atoms with Crippen molar-refractivity contribution in [3.8, 4) is 0 Å². The lowest BCUT2D eigenvalue weighted by Crippen LogP contribution is -1.81. The molecule has 0 aliphatic rings. The monoisotopic (exact) mass is 174 g/mol.